The smallest absolute Gasteiger partial charge is 0.130 e. The van der Waals surface area contributed by atoms with E-state index in [-0.39, 0.29) is 0 Å². The van der Waals surface area contributed by atoms with Crippen molar-refractivity contribution in [2.24, 2.45) is 0 Å². The van der Waals surface area contributed by atoms with Crippen LogP contribution in [-0.2, 0) is 13.2 Å². The third kappa shape index (κ3) is 5.66. The average Bonchev–Trinajstić information content (AvgIpc) is 2.61. The molecule has 1 heterocycles. The van der Waals surface area contributed by atoms with E-state index in [0.717, 1.165) is 29.8 Å². The normalized spacial score (nSPS) is 11.4. The summed E-state index contributed by atoms with van der Waals surface area (Å²) in [5.41, 5.74) is 1.43. The Morgan fingerprint density at radius 2 is 1.96 bits per heavy atom. The molecule has 0 unspecified atom stereocenters. The Balaban J connectivity index is 1.85. The van der Waals surface area contributed by atoms with E-state index < -0.39 is 5.60 Å². The van der Waals surface area contributed by atoms with Gasteiger partial charge in [-0.15, -0.1) is 0 Å². The van der Waals surface area contributed by atoms with Crippen LogP contribution in [0, 0.1) is 0 Å². The van der Waals surface area contributed by atoms with Gasteiger partial charge in [-0.25, -0.2) is 0 Å². The summed E-state index contributed by atoms with van der Waals surface area (Å²) in [6.45, 7) is 5.79. The van der Waals surface area contributed by atoms with Crippen molar-refractivity contribution in [2.45, 2.75) is 45.4 Å². The van der Waals surface area contributed by atoms with Gasteiger partial charge in [0.1, 0.15) is 12.4 Å². The minimum absolute atomic E-state index is 0.461. The molecule has 2 aromatic rings. The summed E-state index contributed by atoms with van der Waals surface area (Å²) in [4.78, 5) is 4.25. The van der Waals surface area contributed by atoms with E-state index in [0.29, 0.717) is 19.7 Å². The van der Waals surface area contributed by atoms with Gasteiger partial charge in [-0.05, 0) is 42.7 Å². The highest BCUT2D eigenvalue weighted by Crippen LogP contribution is 2.16. The lowest BCUT2D eigenvalue weighted by molar-refractivity contribution is 0.0323. The van der Waals surface area contributed by atoms with Crippen LogP contribution in [0.3, 0.4) is 0 Å². The van der Waals surface area contributed by atoms with Crippen LogP contribution in [0.4, 0.5) is 0 Å². The number of rotatable bonds is 9. The van der Waals surface area contributed by atoms with Gasteiger partial charge in [0.25, 0.3) is 0 Å². The highest BCUT2D eigenvalue weighted by Gasteiger charge is 2.20. The quantitative estimate of drug-likeness (QED) is 0.745. The summed E-state index contributed by atoms with van der Waals surface area (Å²) >= 11 is 0. The van der Waals surface area contributed by atoms with E-state index >= 15 is 0 Å². The summed E-state index contributed by atoms with van der Waals surface area (Å²) in [7, 11) is 0. The van der Waals surface area contributed by atoms with E-state index in [2.05, 4.69) is 16.4 Å². The molecule has 0 spiro atoms. The molecule has 0 bridgehead atoms. The maximum Gasteiger partial charge on any atom is 0.130 e. The molecular formula is C19H26N2O2. The van der Waals surface area contributed by atoms with Crippen molar-refractivity contribution in [1.29, 1.82) is 0 Å². The molecule has 0 aliphatic heterocycles. The number of ether oxygens (including phenoxy) is 1. The van der Waals surface area contributed by atoms with E-state index in [4.69, 9.17) is 4.74 Å². The molecule has 4 nitrogen and oxygen atoms in total. The molecule has 0 atom stereocenters. The van der Waals surface area contributed by atoms with Gasteiger partial charge < -0.3 is 15.2 Å². The first kappa shape index (κ1) is 17.4. The molecule has 2 N–H and O–H groups in total. The number of hydrogen-bond acceptors (Lipinski definition) is 4. The molecule has 0 radical (unpaired) electrons. The summed E-state index contributed by atoms with van der Waals surface area (Å²) in [6, 6.07) is 13.8. The second-order valence-electron chi connectivity index (χ2n) is 5.79. The minimum atomic E-state index is -0.618. The van der Waals surface area contributed by atoms with Gasteiger partial charge in [0.15, 0.2) is 0 Å². The summed E-state index contributed by atoms with van der Waals surface area (Å²) in [5, 5.41) is 13.6. The van der Waals surface area contributed by atoms with Crippen molar-refractivity contribution in [3.05, 3.63) is 59.9 Å². The summed E-state index contributed by atoms with van der Waals surface area (Å²) in [5.74, 6) is 0.830. The standard InChI is InChI=1S/C19H26N2O2/c1-3-19(22,4-2)15-20-13-16-8-7-10-18(12-16)23-14-17-9-5-6-11-21-17/h5-12,20,22H,3-4,13-15H2,1-2H3. The molecule has 124 valence electrons. The van der Waals surface area contributed by atoms with Gasteiger partial charge >= 0.3 is 0 Å². The lowest BCUT2D eigenvalue weighted by Crippen LogP contribution is -2.39. The van der Waals surface area contributed by atoms with Gasteiger partial charge in [0, 0.05) is 19.3 Å². The third-order valence-corrected chi connectivity index (χ3v) is 4.11. The van der Waals surface area contributed by atoms with E-state index in [1.807, 2.05) is 50.2 Å². The van der Waals surface area contributed by atoms with E-state index in [1.54, 1.807) is 6.20 Å². The first-order valence-electron chi connectivity index (χ1n) is 8.20. The first-order chi connectivity index (χ1) is 11.1. The third-order valence-electron chi connectivity index (χ3n) is 4.11. The Morgan fingerprint density at radius 1 is 1.13 bits per heavy atom. The molecule has 2 rings (SSSR count). The number of hydrogen-bond donors (Lipinski definition) is 2. The van der Waals surface area contributed by atoms with Crippen LogP contribution in [0.2, 0.25) is 0 Å². The number of nitrogens with one attached hydrogen (secondary N) is 1. The highest BCUT2D eigenvalue weighted by atomic mass is 16.5. The largest absolute Gasteiger partial charge is 0.487 e. The Kier molecular flexibility index (Phi) is 6.56. The van der Waals surface area contributed by atoms with Gasteiger partial charge in [-0.3, -0.25) is 4.98 Å². The average molecular weight is 314 g/mol. The second-order valence-corrected chi connectivity index (χ2v) is 5.79. The van der Waals surface area contributed by atoms with Crippen LogP contribution in [0.5, 0.6) is 5.75 Å². The predicted octanol–water partition coefficient (Wildman–Crippen LogP) is 3.30. The molecule has 1 aromatic carbocycles. The Hall–Kier alpha value is -1.91. The SMILES string of the molecule is CCC(O)(CC)CNCc1cccc(OCc2ccccn2)c1. The topological polar surface area (TPSA) is 54.4 Å². The fourth-order valence-corrected chi connectivity index (χ4v) is 2.33. The number of aliphatic hydroxyl groups is 1. The van der Waals surface area contributed by atoms with Crippen LogP contribution >= 0.6 is 0 Å². The molecule has 1 aromatic heterocycles. The maximum absolute atomic E-state index is 10.3. The maximum atomic E-state index is 10.3. The number of benzene rings is 1. The lowest BCUT2D eigenvalue weighted by Gasteiger charge is -2.25. The molecular weight excluding hydrogens is 288 g/mol. The van der Waals surface area contributed by atoms with E-state index in [9.17, 15) is 5.11 Å². The molecule has 0 saturated carbocycles. The molecule has 4 heteroatoms. The van der Waals surface area contributed by atoms with Gasteiger partial charge in [0.05, 0.1) is 11.3 Å². The number of nitrogens with zero attached hydrogens (tertiary/aromatic N) is 1. The van der Waals surface area contributed by atoms with Crippen molar-refractivity contribution >= 4 is 0 Å². The van der Waals surface area contributed by atoms with Crippen molar-refractivity contribution < 1.29 is 9.84 Å². The molecule has 0 saturated heterocycles. The zero-order valence-corrected chi connectivity index (χ0v) is 14.0. The molecule has 0 aliphatic carbocycles. The minimum Gasteiger partial charge on any atom is -0.487 e. The highest BCUT2D eigenvalue weighted by molar-refractivity contribution is 5.28. The van der Waals surface area contributed by atoms with Crippen LogP contribution < -0.4 is 10.1 Å². The predicted molar refractivity (Wildman–Crippen MR) is 92.2 cm³/mol. The summed E-state index contributed by atoms with van der Waals surface area (Å²) in [6.07, 6.45) is 3.27. The molecule has 0 aliphatic rings. The zero-order valence-electron chi connectivity index (χ0n) is 14.0. The monoisotopic (exact) mass is 314 g/mol. The molecule has 0 fully saturated rings. The van der Waals surface area contributed by atoms with Crippen molar-refractivity contribution in [3.8, 4) is 5.75 Å². The van der Waals surface area contributed by atoms with Crippen LogP contribution in [-0.4, -0.2) is 22.2 Å². The van der Waals surface area contributed by atoms with Gasteiger partial charge in [0.2, 0.25) is 0 Å². The summed E-state index contributed by atoms with van der Waals surface area (Å²) < 4.78 is 5.78. The van der Waals surface area contributed by atoms with E-state index in [1.165, 1.54) is 0 Å². The van der Waals surface area contributed by atoms with Crippen LogP contribution in [0.25, 0.3) is 0 Å². The van der Waals surface area contributed by atoms with Gasteiger partial charge in [-0.1, -0.05) is 32.0 Å². The van der Waals surface area contributed by atoms with Crippen molar-refractivity contribution in [1.82, 2.24) is 10.3 Å². The molecule has 23 heavy (non-hydrogen) atoms. The first-order valence-corrected chi connectivity index (χ1v) is 8.20. The Labute approximate surface area is 138 Å². The second kappa shape index (κ2) is 8.65. The lowest BCUT2D eigenvalue weighted by atomic mass is 9.97. The zero-order chi connectivity index (χ0) is 16.5. The fraction of sp³-hybridized carbons (Fsp3) is 0.421. The van der Waals surface area contributed by atoms with Crippen LogP contribution in [0.1, 0.15) is 37.9 Å². The van der Waals surface area contributed by atoms with Crippen molar-refractivity contribution in [2.75, 3.05) is 6.54 Å². The Bertz CT molecular complexity index is 583. The number of pyridine rings is 1. The van der Waals surface area contributed by atoms with Crippen LogP contribution in [0.15, 0.2) is 48.7 Å². The molecule has 0 amide bonds. The fourth-order valence-electron chi connectivity index (χ4n) is 2.33. The van der Waals surface area contributed by atoms with Crippen molar-refractivity contribution in [3.63, 3.8) is 0 Å². The van der Waals surface area contributed by atoms with Gasteiger partial charge in [-0.2, -0.15) is 0 Å². The Morgan fingerprint density at radius 3 is 2.65 bits per heavy atom. The number of aromatic nitrogens is 1.